The van der Waals surface area contributed by atoms with E-state index in [2.05, 4.69) is 5.32 Å². The smallest absolute Gasteiger partial charge is 0.363 e. The Morgan fingerprint density at radius 3 is 2.22 bits per heavy atom. The Labute approximate surface area is 157 Å². The Kier molecular flexibility index (Phi) is 4.88. The number of amides is 2. The van der Waals surface area contributed by atoms with Crippen molar-refractivity contribution in [2.75, 3.05) is 0 Å². The second-order valence-electron chi connectivity index (χ2n) is 6.10. The van der Waals surface area contributed by atoms with Crippen LogP contribution in [0.2, 0.25) is 5.02 Å². The largest absolute Gasteiger partial charge is 0.437 e. The number of rotatable bonds is 3. The summed E-state index contributed by atoms with van der Waals surface area (Å²) in [7, 11) is 0. The highest BCUT2D eigenvalue weighted by atomic mass is 35.5. The van der Waals surface area contributed by atoms with Gasteiger partial charge in [-0.15, -0.1) is 0 Å². The van der Waals surface area contributed by atoms with Crippen LogP contribution in [0.1, 0.15) is 22.0 Å². The molecule has 5 nitrogen and oxygen atoms in total. The van der Waals surface area contributed by atoms with E-state index in [4.69, 9.17) is 11.6 Å². The number of urea groups is 1. The van der Waals surface area contributed by atoms with E-state index >= 15 is 0 Å². The van der Waals surface area contributed by atoms with Gasteiger partial charge in [-0.05, 0) is 29.8 Å². The van der Waals surface area contributed by atoms with Crippen LogP contribution < -0.4 is 10.6 Å². The SMILES string of the molecule is O=C1N[C@H](c2ccccc2)[C@@H](C(=O)c2ccc(Cl)cc2)[C@](O)(C(F)(F)F)N1. The summed E-state index contributed by atoms with van der Waals surface area (Å²) in [6.07, 6.45) is -5.29. The molecule has 0 radical (unpaired) electrons. The molecular formula is C18H14ClF3N2O3. The van der Waals surface area contributed by atoms with E-state index < -0.39 is 35.7 Å². The van der Waals surface area contributed by atoms with Crippen molar-refractivity contribution in [2.45, 2.75) is 17.9 Å². The molecule has 3 atom stereocenters. The van der Waals surface area contributed by atoms with Gasteiger partial charge in [0, 0.05) is 10.6 Å². The molecule has 2 amide bonds. The zero-order chi connectivity index (χ0) is 19.8. The van der Waals surface area contributed by atoms with Gasteiger partial charge >= 0.3 is 12.2 Å². The summed E-state index contributed by atoms with van der Waals surface area (Å²) < 4.78 is 41.1. The molecule has 1 saturated heterocycles. The number of ketones is 1. The number of halogens is 4. The van der Waals surface area contributed by atoms with Crippen molar-refractivity contribution in [3.05, 3.63) is 70.7 Å². The number of carbonyl (C=O) groups excluding carboxylic acids is 2. The zero-order valence-electron chi connectivity index (χ0n) is 13.6. The van der Waals surface area contributed by atoms with E-state index in [1.54, 1.807) is 18.2 Å². The summed E-state index contributed by atoms with van der Waals surface area (Å²) >= 11 is 5.76. The first kappa shape index (κ1) is 19.2. The van der Waals surface area contributed by atoms with Crippen molar-refractivity contribution in [1.82, 2.24) is 10.6 Å². The van der Waals surface area contributed by atoms with Gasteiger partial charge in [0.05, 0.1) is 6.04 Å². The number of Topliss-reactive ketones (excluding diaryl/α,β-unsaturated/α-hetero) is 1. The fourth-order valence-electron chi connectivity index (χ4n) is 3.07. The van der Waals surface area contributed by atoms with Crippen LogP contribution in [0.5, 0.6) is 0 Å². The molecule has 3 rings (SSSR count). The first-order chi connectivity index (χ1) is 12.6. The van der Waals surface area contributed by atoms with Crippen molar-refractivity contribution in [3.8, 4) is 0 Å². The van der Waals surface area contributed by atoms with Crippen LogP contribution in [-0.2, 0) is 0 Å². The summed E-state index contributed by atoms with van der Waals surface area (Å²) in [6.45, 7) is 0. The van der Waals surface area contributed by atoms with E-state index in [1.807, 2.05) is 0 Å². The van der Waals surface area contributed by atoms with Gasteiger partial charge in [-0.25, -0.2) is 4.79 Å². The molecule has 27 heavy (non-hydrogen) atoms. The Bertz CT molecular complexity index is 858. The average molecular weight is 399 g/mol. The normalized spacial score (nSPS) is 25.4. The first-order valence-electron chi connectivity index (χ1n) is 7.86. The fraction of sp³-hybridized carbons (Fsp3) is 0.222. The third-order valence-corrected chi connectivity index (χ3v) is 4.63. The van der Waals surface area contributed by atoms with E-state index in [0.29, 0.717) is 5.02 Å². The second kappa shape index (κ2) is 6.86. The lowest BCUT2D eigenvalue weighted by Gasteiger charge is -2.45. The topological polar surface area (TPSA) is 78.4 Å². The van der Waals surface area contributed by atoms with E-state index in [1.165, 1.54) is 41.7 Å². The third-order valence-electron chi connectivity index (χ3n) is 4.38. The highest BCUT2D eigenvalue weighted by molar-refractivity contribution is 6.30. The summed E-state index contributed by atoms with van der Waals surface area (Å²) in [4.78, 5) is 24.8. The monoisotopic (exact) mass is 398 g/mol. The lowest BCUT2D eigenvalue weighted by atomic mass is 9.77. The Hall–Kier alpha value is -2.58. The first-order valence-corrected chi connectivity index (χ1v) is 8.24. The van der Waals surface area contributed by atoms with Crippen molar-refractivity contribution in [1.29, 1.82) is 0 Å². The van der Waals surface area contributed by atoms with Crippen molar-refractivity contribution in [3.63, 3.8) is 0 Å². The minimum Gasteiger partial charge on any atom is -0.363 e. The van der Waals surface area contributed by atoms with Crippen LogP contribution in [0.15, 0.2) is 54.6 Å². The minimum atomic E-state index is -5.29. The van der Waals surface area contributed by atoms with Gasteiger partial charge in [0.25, 0.3) is 0 Å². The molecule has 0 spiro atoms. The van der Waals surface area contributed by atoms with Gasteiger partial charge in [-0.2, -0.15) is 13.2 Å². The molecule has 1 aliphatic rings. The zero-order valence-corrected chi connectivity index (χ0v) is 14.4. The van der Waals surface area contributed by atoms with Crippen LogP contribution in [0.3, 0.4) is 0 Å². The molecule has 1 fully saturated rings. The number of hydrogen-bond acceptors (Lipinski definition) is 3. The Morgan fingerprint density at radius 2 is 1.67 bits per heavy atom. The van der Waals surface area contributed by atoms with Gasteiger partial charge < -0.3 is 15.7 Å². The quantitative estimate of drug-likeness (QED) is 0.693. The number of aliphatic hydroxyl groups is 1. The van der Waals surface area contributed by atoms with E-state index in [9.17, 15) is 27.9 Å². The maximum absolute atomic E-state index is 13.7. The minimum absolute atomic E-state index is 0.0778. The molecule has 1 aliphatic heterocycles. The van der Waals surface area contributed by atoms with Gasteiger partial charge in [0.2, 0.25) is 5.72 Å². The highest BCUT2D eigenvalue weighted by Gasteiger charge is 2.66. The van der Waals surface area contributed by atoms with Gasteiger partial charge in [0.1, 0.15) is 5.92 Å². The Balaban J connectivity index is 2.15. The van der Waals surface area contributed by atoms with Crippen molar-refractivity contribution < 1.29 is 27.9 Å². The average Bonchev–Trinajstić information content (AvgIpc) is 2.61. The molecule has 1 heterocycles. The van der Waals surface area contributed by atoms with Gasteiger partial charge in [-0.3, -0.25) is 4.79 Å². The lowest BCUT2D eigenvalue weighted by Crippen LogP contribution is -2.72. The standard InChI is InChI=1S/C18H14ClF3N2O3/c19-12-8-6-11(7-9-12)15(25)13-14(10-4-2-1-3-5-10)23-16(26)24-17(13,27)18(20,21)22/h1-9,13-14,27H,(H2,23,24,26)/t13-,14+,17-/m0/s1. The molecule has 9 heteroatoms. The lowest BCUT2D eigenvalue weighted by molar-refractivity contribution is -0.287. The molecule has 0 saturated carbocycles. The van der Waals surface area contributed by atoms with Gasteiger partial charge in [-0.1, -0.05) is 41.9 Å². The summed E-state index contributed by atoms with van der Waals surface area (Å²) in [5.74, 6) is -3.05. The predicted molar refractivity (Wildman–Crippen MR) is 91.1 cm³/mol. The Morgan fingerprint density at radius 1 is 1.07 bits per heavy atom. The molecular weight excluding hydrogens is 385 g/mol. The third kappa shape index (κ3) is 3.50. The predicted octanol–water partition coefficient (Wildman–Crippen LogP) is 3.44. The van der Waals surface area contributed by atoms with Crippen LogP contribution >= 0.6 is 11.6 Å². The van der Waals surface area contributed by atoms with E-state index in [-0.39, 0.29) is 11.1 Å². The summed E-state index contributed by atoms with van der Waals surface area (Å²) in [5, 5.41) is 14.5. The molecule has 0 bridgehead atoms. The molecule has 2 aromatic carbocycles. The molecule has 0 aliphatic carbocycles. The van der Waals surface area contributed by atoms with Crippen LogP contribution in [0.4, 0.5) is 18.0 Å². The van der Waals surface area contributed by atoms with Crippen molar-refractivity contribution >= 4 is 23.4 Å². The van der Waals surface area contributed by atoms with Crippen LogP contribution in [-0.4, -0.2) is 28.8 Å². The van der Waals surface area contributed by atoms with Crippen molar-refractivity contribution in [2.24, 2.45) is 5.92 Å². The number of carbonyl (C=O) groups is 2. The van der Waals surface area contributed by atoms with Crippen LogP contribution in [0, 0.1) is 5.92 Å². The maximum Gasteiger partial charge on any atom is 0.437 e. The molecule has 0 unspecified atom stereocenters. The maximum atomic E-state index is 13.7. The fourth-order valence-corrected chi connectivity index (χ4v) is 3.20. The number of nitrogens with one attached hydrogen (secondary N) is 2. The van der Waals surface area contributed by atoms with E-state index in [0.717, 1.165) is 0 Å². The highest BCUT2D eigenvalue weighted by Crippen LogP contribution is 2.43. The number of alkyl halides is 3. The summed E-state index contributed by atoms with van der Waals surface area (Å²) in [5.41, 5.74) is -3.57. The number of benzene rings is 2. The molecule has 0 aromatic heterocycles. The van der Waals surface area contributed by atoms with Gasteiger partial charge in [0.15, 0.2) is 5.78 Å². The second-order valence-corrected chi connectivity index (χ2v) is 6.54. The molecule has 2 aromatic rings. The van der Waals surface area contributed by atoms with Crippen LogP contribution in [0.25, 0.3) is 0 Å². The molecule has 3 N–H and O–H groups in total. The summed E-state index contributed by atoms with van der Waals surface area (Å²) in [6, 6.07) is 10.3. The number of hydrogen-bond donors (Lipinski definition) is 3. The molecule has 142 valence electrons.